The number of benzene rings is 3. The first kappa shape index (κ1) is 15.8. The lowest BCUT2D eigenvalue weighted by Gasteiger charge is -2.21. The van der Waals surface area contributed by atoms with Crippen LogP contribution in [-0.2, 0) is 0 Å². The molecule has 0 bridgehead atoms. The van der Waals surface area contributed by atoms with Crippen molar-refractivity contribution in [2.45, 2.75) is 31.6 Å². The van der Waals surface area contributed by atoms with Crippen LogP contribution in [0, 0.1) is 0 Å². The molecule has 1 nitrogen and oxygen atoms in total. The summed E-state index contributed by atoms with van der Waals surface area (Å²) in [5.74, 6) is 0.874. The first-order valence-corrected chi connectivity index (χ1v) is 8.42. The minimum Gasteiger partial charge on any atom is -0.396 e. The van der Waals surface area contributed by atoms with Gasteiger partial charge < -0.3 is 5.11 Å². The van der Waals surface area contributed by atoms with E-state index in [9.17, 15) is 5.11 Å². The SMILES string of the molecule is C[C@@H](C[C@H](CCO)c1ccccc1)c1ccc2ccccc2c1. The molecule has 0 heterocycles. The Morgan fingerprint density at radius 1 is 0.783 bits per heavy atom. The number of hydrogen-bond donors (Lipinski definition) is 1. The molecule has 1 heteroatoms. The predicted octanol–water partition coefficient (Wildman–Crippen LogP) is 5.50. The van der Waals surface area contributed by atoms with Gasteiger partial charge in [-0.3, -0.25) is 0 Å². The first-order chi connectivity index (χ1) is 11.3. The molecular weight excluding hydrogens is 280 g/mol. The average molecular weight is 304 g/mol. The third kappa shape index (κ3) is 3.80. The molecular formula is C22H24O. The van der Waals surface area contributed by atoms with Crippen molar-refractivity contribution in [2.75, 3.05) is 6.61 Å². The first-order valence-electron chi connectivity index (χ1n) is 8.42. The summed E-state index contributed by atoms with van der Waals surface area (Å²) >= 11 is 0. The van der Waals surface area contributed by atoms with Crippen molar-refractivity contribution in [1.82, 2.24) is 0 Å². The van der Waals surface area contributed by atoms with Crippen LogP contribution in [0.4, 0.5) is 0 Å². The van der Waals surface area contributed by atoms with Gasteiger partial charge in [0.15, 0.2) is 0 Å². The van der Waals surface area contributed by atoms with Crippen LogP contribution in [0.3, 0.4) is 0 Å². The van der Waals surface area contributed by atoms with E-state index < -0.39 is 0 Å². The van der Waals surface area contributed by atoms with E-state index in [1.165, 1.54) is 21.9 Å². The summed E-state index contributed by atoms with van der Waals surface area (Å²) in [5.41, 5.74) is 2.71. The molecule has 1 N–H and O–H groups in total. The Labute approximate surface area is 138 Å². The summed E-state index contributed by atoms with van der Waals surface area (Å²) in [6.07, 6.45) is 1.88. The number of aliphatic hydroxyl groups excluding tert-OH is 1. The van der Waals surface area contributed by atoms with E-state index in [-0.39, 0.29) is 6.61 Å². The third-order valence-corrected chi connectivity index (χ3v) is 4.73. The van der Waals surface area contributed by atoms with Crippen molar-refractivity contribution in [3.63, 3.8) is 0 Å². The normalized spacial score (nSPS) is 13.8. The zero-order valence-corrected chi connectivity index (χ0v) is 13.7. The highest BCUT2D eigenvalue weighted by Gasteiger charge is 2.16. The summed E-state index contributed by atoms with van der Waals surface area (Å²) in [6, 6.07) is 25.8. The monoisotopic (exact) mass is 304 g/mol. The highest BCUT2D eigenvalue weighted by atomic mass is 16.3. The fraction of sp³-hybridized carbons (Fsp3) is 0.273. The lowest BCUT2D eigenvalue weighted by Crippen LogP contribution is -2.06. The Kier molecular flexibility index (Phi) is 5.09. The minimum absolute atomic E-state index is 0.240. The van der Waals surface area contributed by atoms with Crippen LogP contribution in [0.5, 0.6) is 0 Å². The average Bonchev–Trinajstić information content (AvgIpc) is 2.61. The molecule has 0 aromatic heterocycles. The van der Waals surface area contributed by atoms with Gasteiger partial charge in [-0.05, 0) is 46.6 Å². The molecule has 2 atom stereocenters. The molecule has 0 saturated carbocycles. The Bertz CT molecular complexity index is 748. The molecule has 0 saturated heterocycles. The Balaban J connectivity index is 1.81. The van der Waals surface area contributed by atoms with Crippen molar-refractivity contribution >= 4 is 10.8 Å². The molecule has 3 aromatic carbocycles. The van der Waals surface area contributed by atoms with E-state index in [4.69, 9.17) is 0 Å². The standard InChI is InChI=1S/C22H24O/c1-17(15-22(13-14-23)18-7-3-2-4-8-18)20-12-11-19-9-5-6-10-21(19)16-20/h2-12,16-17,22-23H,13-15H2,1H3/t17-,22-/m0/s1. The molecule has 0 aliphatic rings. The number of hydrogen-bond acceptors (Lipinski definition) is 1. The van der Waals surface area contributed by atoms with E-state index in [0.29, 0.717) is 11.8 Å². The highest BCUT2D eigenvalue weighted by Crippen LogP contribution is 2.33. The summed E-state index contributed by atoms with van der Waals surface area (Å²) in [4.78, 5) is 0. The largest absolute Gasteiger partial charge is 0.396 e. The molecule has 3 aromatic rings. The van der Waals surface area contributed by atoms with Crippen LogP contribution in [0.15, 0.2) is 72.8 Å². The second-order valence-corrected chi connectivity index (χ2v) is 6.36. The molecule has 0 aliphatic carbocycles. The van der Waals surface area contributed by atoms with Crippen LogP contribution in [0.25, 0.3) is 10.8 Å². The maximum absolute atomic E-state index is 9.42. The van der Waals surface area contributed by atoms with E-state index >= 15 is 0 Å². The van der Waals surface area contributed by atoms with Gasteiger partial charge in [-0.25, -0.2) is 0 Å². The zero-order chi connectivity index (χ0) is 16.1. The van der Waals surface area contributed by atoms with Gasteiger partial charge in [-0.2, -0.15) is 0 Å². The fourth-order valence-corrected chi connectivity index (χ4v) is 3.38. The maximum Gasteiger partial charge on any atom is 0.0436 e. The third-order valence-electron chi connectivity index (χ3n) is 4.73. The second kappa shape index (κ2) is 7.43. The van der Waals surface area contributed by atoms with Crippen molar-refractivity contribution in [2.24, 2.45) is 0 Å². The van der Waals surface area contributed by atoms with Gasteiger partial charge in [0, 0.05) is 6.61 Å². The smallest absolute Gasteiger partial charge is 0.0436 e. The molecule has 0 aliphatic heterocycles. The molecule has 0 radical (unpaired) electrons. The summed E-state index contributed by atoms with van der Waals surface area (Å²) in [7, 11) is 0. The molecule has 3 rings (SSSR count). The maximum atomic E-state index is 9.42. The topological polar surface area (TPSA) is 20.2 Å². The zero-order valence-electron chi connectivity index (χ0n) is 13.7. The van der Waals surface area contributed by atoms with Gasteiger partial charge in [0.05, 0.1) is 0 Å². The molecule has 0 amide bonds. The lowest BCUT2D eigenvalue weighted by molar-refractivity contribution is 0.270. The number of rotatable bonds is 6. The van der Waals surface area contributed by atoms with E-state index in [2.05, 4.69) is 73.7 Å². The Morgan fingerprint density at radius 2 is 1.48 bits per heavy atom. The molecule has 0 spiro atoms. The van der Waals surface area contributed by atoms with Gasteiger partial charge in [0.25, 0.3) is 0 Å². The van der Waals surface area contributed by atoms with E-state index in [1.807, 2.05) is 6.07 Å². The summed E-state index contributed by atoms with van der Waals surface area (Å²) < 4.78 is 0. The van der Waals surface area contributed by atoms with E-state index in [0.717, 1.165) is 12.8 Å². The highest BCUT2D eigenvalue weighted by molar-refractivity contribution is 5.83. The molecule has 0 fully saturated rings. The van der Waals surface area contributed by atoms with Gasteiger partial charge in [-0.15, -0.1) is 0 Å². The fourth-order valence-electron chi connectivity index (χ4n) is 3.38. The molecule has 0 unspecified atom stereocenters. The molecule has 23 heavy (non-hydrogen) atoms. The van der Waals surface area contributed by atoms with Crippen LogP contribution in [0.1, 0.15) is 42.7 Å². The predicted molar refractivity (Wildman–Crippen MR) is 97.9 cm³/mol. The minimum atomic E-state index is 0.240. The van der Waals surface area contributed by atoms with Crippen LogP contribution in [0.2, 0.25) is 0 Å². The van der Waals surface area contributed by atoms with Crippen molar-refractivity contribution in [3.05, 3.63) is 83.9 Å². The van der Waals surface area contributed by atoms with Crippen LogP contribution >= 0.6 is 0 Å². The van der Waals surface area contributed by atoms with Crippen molar-refractivity contribution < 1.29 is 5.11 Å². The van der Waals surface area contributed by atoms with Crippen molar-refractivity contribution in [3.8, 4) is 0 Å². The quantitative estimate of drug-likeness (QED) is 0.637. The summed E-state index contributed by atoms with van der Waals surface area (Å²) in [6.45, 7) is 2.53. The lowest BCUT2D eigenvalue weighted by atomic mass is 9.84. The summed E-state index contributed by atoms with van der Waals surface area (Å²) in [5, 5.41) is 12.0. The van der Waals surface area contributed by atoms with Gasteiger partial charge >= 0.3 is 0 Å². The second-order valence-electron chi connectivity index (χ2n) is 6.36. The Hall–Kier alpha value is -2.12. The van der Waals surface area contributed by atoms with Gasteiger partial charge in [0.1, 0.15) is 0 Å². The van der Waals surface area contributed by atoms with E-state index in [1.54, 1.807) is 0 Å². The van der Waals surface area contributed by atoms with Crippen LogP contribution < -0.4 is 0 Å². The Morgan fingerprint density at radius 3 is 2.22 bits per heavy atom. The van der Waals surface area contributed by atoms with Crippen LogP contribution in [-0.4, -0.2) is 11.7 Å². The van der Waals surface area contributed by atoms with Gasteiger partial charge in [-0.1, -0.05) is 79.7 Å². The van der Waals surface area contributed by atoms with Crippen molar-refractivity contribution in [1.29, 1.82) is 0 Å². The number of fused-ring (bicyclic) bond motifs is 1. The number of aliphatic hydroxyl groups is 1. The molecule has 118 valence electrons. The van der Waals surface area contributed by atoms with Gasteiger partial charge in [0.2, 0.25) is 0 Å².